The quantitative estimate of drug-likeness (QED) is 0.203. The first-order chi connectivity index (χ1) is 26.5. The van der Waals surface area contributed by atoms with Gasteiger partial charge in [-0.15, -0.1) is 0 Å². The third-order valence-corrected chi connectivity index (χ3v) is 11.0. The van der Waals surface area contributed by atoms with E-state index >= 15 is 0 Å². The van der Waals surface area contributed by atoms with Gasteiger partial charge in [-0.2, -0.15) is 0 Å². The third kappa shape index (κ3) is 11.1. The molecule has 16 heteroatoms. The molecule has 3 heterocycles. The standard InChI is InChI=1S/C40H60N8O8/c1-7-24(6)33-38(54)43-27(19-22(2)3)39(55)48-18-12-16-30(48)36(52)45-32(23(4)5)37(53)44-28(21-31(41)49)40(56)47-17-11-15-29(47)35(51)42-26(34(50)46-33)20-25-13-9-8-10-14-25/h8-10,13-14,22-24,26-30,32-33H,7,11-12,15-21H2,1-6H3,(H2,41,49)(H,42,51)(H,43,54)(H,44,53)(H,45,52)(H,46,50)/t24-,26-,27-,28-,29-,30-,32+,33-/m0/s1. The van der Waals surface area contributed by atoms with Crippen LogP contribution in [-0.2, 0) is 44.8 Å². The minimum atomic E-state index is -1.45. The number of amides is 8. The highest BCUT2D eigenvalue weighted by molar-refractivity contribution is 6.00. The van der Waals surface area contributed by atoms with Gasteiger partial charge in [0.1, 0.15) is 42.3 Å². The van der Waals surface area contributed by atoms with Crippen LogP contribution in [0, 0.1) is 17.8 Å². The molecular formula is C40H60N8O8. The highest BCUT2D eigenvalue weighted by atomic mass is 16.2. The van der Waals surface area contributed by atoms with Gasteiger partial charge >= 0.3 is 0 Å². The SMILES string of the molecule is CC[C@H](C)[C@@H]1NC(=O)[C@H](Cc2ccccc2)NC(=O)[C@@H]2CCCN2C(=O)[C@H](CC(N)=O)NC(=O)[C@@H](C(C)C)NC(=O)[C@@H]2CCCN2C(=O)[C@H](CC(C)C)NC1=O. The summed E-state index contributed by atoms with van der Waals surface area (Å²) in [6.07, 6.45) is 1.78. The molecule has 3 fully saturated rings. The van der Waals surface area contributed by atoms with Crippen LogP contribution < -0.4 is 32.3 Å². The van der Waals surface area contributed by atoms with Crippen molar-refractivity contribution in [3.8, 4) is 0 Å². The van der Waals surface area contributed by atoms with Gasteiger partial charge in [-0.25, -0.2) is 0 Å². The van der Waals surface area contributed by atoms with Crippen LogP contribution in [0.4, 0.5) is 0 Å². The van der Waals surface area contributed by atoms with Crippen LogP contribution in [0.2, 0.25) is 0 Å². The largest absolute Gasteiger partial charge is 0.370 e. The van der Waals surface area contributed by atoms with Crippen LogP contribution in [-0.4, -0.2) is 112 Å². The highest BCUT2D eigenvalue weighted by Gasteiger charge is 2.43. The van der Waals surface area contributed by atoms with Crippen molar-refractivity contribution in [2.24, 2.45) is 23.5 Å². The number of carbonyl (C=O) groups excluding carboxylic acids is 8. The van der Waals surface area contributed by atoms with Crippen LogP contribution in [0.15, 0.2) is 30.3 Å². The number of hydrogen-bond acceptors (Lipinski definition) is 8. The van der Waals surface area contributed by atoms with E-state index < -0.39 is 102 Å². The van der Waals surface area contributed by atoms with E-state index in [0.717, 1.165) is 5.56 Å². The van der Waals surface area contributed by atoms with Crippen LogP contribution in [0.1, 0.15) is 92.1 Å². The Labute approximate surface area is 329 Å². The molecule has 308 valence electrons. The maximum atomic E-state index is 14.3. The summed E-state index contributed by atoms with van der Waals surface area (Å²) in [4.78, 5) is 113. The fraction of sp³-hybridized carbons (Fsp3) is 0.650. The summed E-state index contributed by atoms with van der Waals surface area (Å²) in [6, 6.07) is 1.17. The second-order valence-electron chi connectivity index (χ2n) is 16.2. The second-order valence-corrected chi connectivity index (χ2v) is 16.2. The zero-order valence-electron chi connectivity index (χ0n) is 33.5. The summed E-state index contributed by atoms with van der Waals surface area (Å²) in [6.45, 7) is 11.3. The van der Waals surface area contributed by atoms with Crippen molar-refractivity contribution in [3.05, 3.63) is 35.9 Å². The molecule has 8 atom stereocenters. The summed E-state index contributed by atoms with van der Waals surface area (Å²) >= 11 is 0. The molecule has 0 spiro atoms. The lowest BCUT2D eigenvalue weighted by molar-refractivity contribution is -0.144. The molecule has 56 heavy (non-hydrogen) atoms. The van der Waals surface area contributed by atoms with Gasteiger partial charge in [0.25, 0.3) is 0 Å². The van der Waals surface area contributed by atoms with E-state index in [9.17, 15) is 38.4 Å². The Bertz CT molecular complexity index is 1620. The number of hydrogen-bond donors (Lipinski definition) is 6. The molecule has 0 aliphatic carbocycles. The number of nitrogens with two attached hydrogens (primary N) is 1. The van der Waals surface area contributed by atoms with E-state index in [-0.39, 0.29) is 44.2 Å². The minimum absolute atomic E-state index is 0.0315. The number of nitrogens with one attached hydrogen (secondary N) is 5. The Morgan fingerprint density at radius 1 is 0.679 bits per heavy atom. The smallest absolute Gasteiger partial charge is 0.246 e. The van der Waals surface area contributed by atoms with E-state index in [1.165, 1.54) is 9.80 Å². The molecule has 3 saturated heterocycles. The Morgan fingerprint density at radius 3 is 1.71 bits per heavy atom. The molecule has 0 saturated carbocycles. The van der Waals surface area contributed by atoms with Crippen LogP contribution in [0.5, 0.6) is 0 Å². The summed E-state index contributed by atoms with van der Waals surface area (Å²) in [5.74, 6) is -6.07. The van der Waals surface area contributed by atoms with Gasteiger partial charge in [-0.05, 0) is 55.4 Å². The number of rotatable bonds is 9. The van der Waals surface area contributed by atoms with Crippen molar-refractivity contribution >= 4 is 47.3 Å². The first-order valence-corrected chi connectivity index (χ1v) is 20.0. The van der Waals surface area contributed by atoms with E-state index in [4.69, 9.17) is 5.73 Å². The average molecular weight is 781 g/mol. The average Bonchev–Trinajstić information content (AvgIpc) is 3.85. The van der Waals surface area contributed by atoms with Gasteiger partial charge in [-0.1, -0.05) is 78.3 Å². The van der Waals surface area contributed by atoms with E-state index in [1.807, 2.05) is 33.8 Å². The topological polar surface area (TPSA) is 229 Å². The van der Waals surface area contributed by atoms with Gasteiger partial charge in [0, 0.05) is 19.5 Å². The van der Waals surface area contributed by atoms with Gasteiger partial charge in [0.2, 0.25) is 47.3 Å². The van der Waals surface area contributed by atoms with Crippen molar-refractivity contribution < 1.29 is 38.4 Å². The molecule has 4 rings (SSSR count). The molecule has 3 aliphatic rings. The third-order valence-electron chi connectivity index (χ3n) is 11.0. The summed E-state index contributed by atoms with van der Waals surface area (Å²) in [5, 5.41) is 14.0. The van der Waals surface area contributed by atoms with Crippen LogP contribution in [0.3, 0.4) is 0 Å². The molecular weight excluding hydrogens is 720 g/mol. The molecule has 0 radical (unpaired) electrons. The molecule has 0 unspecified atom stereocenters. The van der Waals surface area contributed by atoms with E-state index in [2.05, 4.69) is 26.6 Å². The normalized spacial score (nSPS) is 28.1. The molecule has 3 aliphatic heterocycles. The molecule has 16 nitrogen and oxygen atoms in total. The Hall–Kier alpha value is -5.02. The van der Waals surface area contributed by atoms with Gasteiger partial charge in [-0.3, -0.25) is 38.4 Å². The Balaban J connectivity index is 1.79. The van der Waals surface area contributed by atoms with Crippen molar-refractivity contribution in [3.63, 3.8) is 0 Å². The van der Waals surface area contributed by atoms with E-state index in [1.54, 1.807) is 38.1 Å². The van der Waals surface area contributed by atoms with Crippen LogP contribution in [0.25, 0.3) is 0 Å². The number of nitrogens with zero attached hydrogens (tertiary/aromatic N) is 2. The predicted octanol–water partition coefficient (Wildman–Crippen LogP) is 0.272. The molecule has 1 aromatic carbocycles. The lowest BCUT2D eigenvalue weighted by Gasteiger charge is -2.32. The summed E-state index contributed by atoms with van der Waals surface area (Å²) in [5.41, 5.74) is 6.27. The first kappa shape index (κ1) is 43.7. The summed E-state index contributed by atoms with van der Waals surface area (Å²) in [7, 11) is 0. The lowest BCUT2D eigenvalue weighted by atomic mass is 9.95. The summed E-state index contributed by atoms with van der Waals surface area (Å²) < 4.78 is 0. The van der Waals surface area contributed by atoms with Crippen molar-refractivity contribution in [1.29, 1.82) is 0 Å². The van der Waals surface area contributed by atoms with Crippen LogP contribution >= 0.6 is 0 Å². The van der Waals surface area contributed by atoms with E-state index in [0.29, 0.717) is 25.7 Å². The zero-order valence-corrected chi connectivity index (χ0v) is 33.5. The molecule has 7 N–H and O–H groups in total. The Morgan fingerprint density at radius 2 is 1.18 bits per heavy atom. The minimum Gasteiger partial charge on any atom is -0.370 e. The fourth-order valence-corrected chi connectivity index (χ4v) is 7.69. The number of fused-ring (bicyclic) bond motifs is 2. The van der Waals surface area contributed by atoms with Gasteiger partial charge < -0.3 is 42.1 Å². The first-order valence-electron chi connectivity index (χ1n) is 20.0. The monoisotopic (exact) mass is 780 g/mol. The van der Waals surface area contributed by atoms with Gasteiger partial charge in [0.15, 0.2) is 0 Å². The molecule has 1 aromatic rings. The molecule has 0 aromatic heterocycles. The molecule has 8 amide bonds. The van der Waals surface area contributed by atoms with Gasteiger partial charge in [0.05, 0.1) is 6.42 Å². The Kier molecular flexibility index (Phi) is 15.4. The molecule has 0 bridgehead atoms. The van der Waals surface area contributed by atoms with Crippen molar-refractivity contribution in [1.82, 2.24) is 36.4 Å². The zero-order chi connectivity index (χ0) is 41.3. The number of primary amides is 1. The predicted molar refractivity (Wildman–Crippen MR) is 207 cm³/mol. The maximum Gasteiger partial charge on any atom is 0.246 e. The lowest BCUT2D eigenvalue weighted by Crippen LogP contribution is -2.61. The van der Waals surface area contributed by atoms with Crippen molar-refractivity contribution in [2.75, 3.05) is 13.1 Å². The number of benzene rings is 1. The fourth-order valence-electron chi connectivity index (χ4n) is 7.69. The highest BCUT2D eigenvalue weighted by Crippen LogP contribution is 2.23. The second kappa shape index (κ2) is 19.7. The number of carbonyl (C=O) groups is 8. The van der Waals surface area contributed by atoms with Crippen molar-refractivity contribution in [2.45, 2.75) is 135 Å². The maximum absolute atomic E-state index is 14.3.